The van der Waals surface area contributed by atoms with Crippen LogP contribution in [0.25, 0.3) is 11.4 Å². The molecule has 3 heterocycles. The number of H-pyrrole nitrogens is 1. The second kappa shape index (κ2) is 8.26. The molecular weight excluding hydrogens is 380 g/mol. The molecule has 2 aromatic heterocycles. The van der Waals surface area contributed by atoms with Crippen LogP contribution < -0.4 is 15.0 Å². The summed E-state index contributed by atoms with van der Waals surface area (Å²) in [4.78, 5) is 26.5. The van der Waals surface area contributed by atoms with Gasteiger partial charge in [0.25, 0.3) is 5.91 Å². The number of rotatable bonds is 6. The van der Waals surface area contributed by atoms with E-state index in [0.29, 0.717) is 18.1 Å². The summed E-state index contributed by atoms with van der Waals surface area (Å²) in [5.74, 6) is 0.367. The SMILES string of the molecule is O=C(NC1CCN(c2nccc(-c3ccc[nH]3)n2)C1)c1ccc(OC(F)F)cc1. The van der Waals surface area contributed by atoms with Crippen molar-refractivity contribution in [1.29, 1.82) is 0 Å². The summed E-state index contributed by atoms with van der Waals surface area (Å²) in [6.45, 7) is -1.58. The lowest BCUT2D eigenvalue weighted by Gasteiger charge is -2.17. The van der Waals surface area contributed by atoms with Gasteiger partial charge >= 0.3 is 6.61 Å². The molecule has 7 nitrogen and oxygen atoms in total. The van der Waals surface area contributed by atoms with Crippen LogP contribution in [-0.4, -0.2) is 46.6 Å². The van der Waals surface area contributed by atoms with E-state index in [1.54, 1.807) is 6.20 Å². The second-order valence-electron chi connectivity index (χ2n) is 6.63. The van der Waals surface area contributed by atoms with E-state index in [4.69, 9.17) is 0 Å². The number of carbonyl (C=O) groups excluding carboxylic acids is 1. The Labute approximate surface area is 165 Å². The normalized spacial score (nSPS) is 16.2. The summed E-state index contributed by atoms with van der Waals surface area (Å²) >= 11 is 0. The third kappa shape index (κ3) is 4.50. The molecule has 0 saturated carbocycles. The van der Waals surface area contributed by atoms with Crippen molar-refractivity contribution in [2.24, 2.45) is 0 Å². The van der Waals surface area contributed by atoms with E-state index in [-0.39, 0.29) is 17.7 Å². The number of benzene rings is 1. The van der Waals surface area contributed by atoms with Crippen molar-refractivity contribution < 1.29 is 18.3 Å². The maximum absolute atomic E-state index is 12.4. The maximum Gasteiger partial charge on any atom is 0.387 e. The number of anilines is 1. The first kappa shape index (κ1) is 18.9. The van der Waals surface area contributed by atoms with Crippen LogP contribution in [-0.2, 0) is 0 Å². The van der Waals surface area contributed by atoms with Gasteiger partial charge in [-0.1, -0.05) is 0 Å². The standard InChI is InChI=1S/C20H19F2N5O2/c21-19(22)29-15-5-3-13(4-6-15)18(28)25-14-8-11-27(12-14)20-24-10-7-17(26-20)16-2-1-9-23-16/h1-7,9-10,14,19,23H,8,11-12H2,(H,25,28). The molecule has 0 bridgehead atoms. The van der Waals surface area contributed by atoms with Crippen LogP contribution >= 0.6 is 0 Å². The van der Waals surface area contributed by atoms with Crippen LogP contribution in [0.15, 0.2) is 54.9 Å². The molecule has 0 spiro atoms. The van der Waals surface area contributed by atoms with E-state index in [9.17, 15) is 13.6 Å². The zero-order chi connectivity index (χ0) is 20.2. The third-order valence-electron chi connectivity index (χ3n) is 4.66. The van der Waals surface area contributed by atoms with E-state index in [2.05, 4.69) is 25.0 Å². The van der Waals surface area contributed by atoms with Gasteiger partial charge in [-0.25, -0.2) is 9.97 Å². The highest BCUT2D eigenvalue weighted by molar-refractivity contribution is 5.94. The topological polar surface area (TPSA) is 83.1 Å². The van der Waals surface area contributed by atoms with E-state index >= 15 is 0 Å². The number of nitrogens with zero attached hydrogens (tertiary/aromatic N) is 3. The molecule has 1 unspecified atom stereocenters. The lowest BCUT2D eigenvalue weighted by Crippen LogP contribution is -2.37. The van der Waals surface area contributed by atoms with Gasteiger partial charge in [-0.05, 0) is 48.9 Å². The Bertz CT molecular complexity index is 963. The monoisotopic (exact) mass is 399 g/mol. The fraction of sp³-hybridized carbons (Fsp3) is 0.250. The van der Waals surface area contributed by atoms with Crippen molar-refractivity contribution in [2.45, 2.75) is 19.1 Å². The maximum atomic E-state index is 12.4. The number of hydrogen-bond donors (Lipinski definition) is 2. The summed E-state index contributed by atoms with van der Waals surface area (Å²) in [5.41, 5.74) is 2.10. The second-order valence-corrected chi connectivity index (χ2v) is 6.63. The fourth-order valence-electron chi connectivity index (χ4n) is 3.26. The molecule has 150 valence electrons. The van der Waals surface area contributed by atoms with Crippen molar-refractivity contribution in [3.63, 3.8) is 0 Å². The zero-order valence-electron chi connectivity index (χ0n) is 15.4. The molecule has 1 aliphatic heterocycles. The molecule has 1 aliphatic rings. The van der Waals surface area contributed by atoms with Crippen molar-refractivity contribution in [3.8, 4) is 17.1 Å². The summed E-state index contributed by atoms with van der Waals surface area (Å²) in [5, 5.41) is 2.97. The Morgan fingerprint density at radius 2 is 2.07 bits per heavy atom. The van der Waals surface area contributed by atoms with Gasteiger partial charge in [0.15, 0.2) is 0 Å². The smallest absolute Gasteiger partial charge is 0.387 e. The van der Waals surface area contributed by atoms with E-state index < -0.39 is 6.61 Å². The van der Waals surface area contributed by atoms with Gasteiger partial charge in [0, 0.05) is 37.1 Å². The lowest BCUT2D eigenvalue weighted by atomic mass is 10.2. The molecule has 1 amide bonds. The first-order valence-corrected chi connectivity index (χ1v) is 9.16. The molecule has 1 aromatic carbocycles. The zero-order valence-corrected chi connectivity index (χ0v) is 15.4. The number of aromatic amines is 1. The molecule has 3 aromatic rings. The minimum atomic E-state index is -2.89. The molecular formula is C20H19F2N5O2. The van der Waals surface area contributed by atoms with Gasteiger partial charge in [0.1, 0.15) is 5.75 Å². The van der Waals surface area contributed by atoms with Crippen LogP contribution in [0.2, 0.25) is 0 Å². The van der Waals surface area contributed by atoms with Crippen LogP contribution in [0, 0.1) is 0 Å². The molecule has 4 rings (SSSR count). The number of halogens is 2. The van der Waals surface area contributed by atoms with Crippen molar-refractivity contribution >= 4 is 11.9 Å². The predicted octanol–water partition coefficient (Wildman–Crippen LogP) is 3.08. The third-order valence-corrected chi connectivity index (χ3v) is 4.66. The minimum absolute atomic E-state index is 0.0164. The summed E-state index contributed by atoms with van der Waals surface area (Å²) in [6.07, 6.45) is 4.31. The van der Waals surface area contributed by atoms with E-state index in [0.717, 1.165) is 24.4 Å². The van der Waals surface area contributed by atoms with Crippen LogP contribution in [0.5, 0.6) is 5.75 Å². The highest BCUT2D eigenvalue weighted by atomic mass is 19.3. The Morgan fingerprint density at radius 1 is 1.24 bits per heavy atom. The lowest BCUT2D eigenvalue weighted by molar-refractivity contribution is -0.0498. The predicted molar refractivity (Wildman–Crippen MR) is 103 cm³/mol. The number of nitrogens with one attached hydrogen (secondary N) is 2. The van der Waals surface area contributed by atoms with Gasteiger partial charge in [0.2, 0.25) is 5.95 Å². The van der Waals surface area contributed by atoms with E-state index in [1.807, 2.05) is 29.3 Å². The van der Waals surface area contributed by atoms with Gasteiger partial charge in [-0.15, -0.1) is 0 Å². The molecule has 0 radical (unpaired) electrons. The minimum Gasteiger partial charge on any atom is -0.435 e. The van der Waals surface area contributed by atoms with Crippen LogP contribution in [0.4, 0.5) is 14.7 Å². The Balaban J connectivity index is 1.36. The number of alkyl halides is 2. The average molecular weight is 399 g/mol. The first-order valence-electron chi connectivity index (χ1n) is 9.16. The van der Waals surface area contributed by atoms with Gasteiger partial charge in [-0.2, -0.15) is 8.78 Å². The highest BCUT2D eigenvalue weighted by Gasteiger charge is 2.26. The number of aromatic nitrogens is 3. The molecule has 1 fully saturated rings. The van der Waals surface area contributed by atoms with Crippen molar-refractivity contribution in [1.82, 2.24) is 20.3 Å². The van der Waals surface area contributed by atoms with Crippen LogP contribution in [0.3, 0.4) is 0 Å². The number of amides is 1. The fourth-order valence-corrected chi connectivity index (χ4v) is 3.26. The number of carbonyl (C=O) groups is 1. The van der Waals surface area contributed by atoms with Gasteiger partial charge in [0.05, 0.1) is 11.4 Å². The molecule has 0 aliphatic carbocycles. The van der Waals surface area contributed by atoms with Crippen molar-refractivity contribution in [2.75, 3.05) is 18.0 Å². The summed E-state index contributed by atoms with van der Waals surface area (Å²) in [7, 11) is 0. The molecule has 29 heavy (non-hydrogen) atoms. The first-order chi connectivity index (χ1) is 14.1. The number of hydrogen-bond acceptors (Lipinski definition) is 5. The van der Waals surface area contributed by atoms with Gasteiger partial charge in [-0.3, -0.25) is 4.79 Å². The van der Waals surface area contributed by atoms with Gasteiger partial charge < -0.3 is 19.9 Å². The highest BCUT2D eigenvalue weighted by Crippen LogP contribution is 2.21. The molecule has 9 heteroatoms. The Kier molecular flexibility index (Phi) is 5.37. The molecule has 2 N–H and O–H groups in total. The van der Waals surface area contributed by atoms with E-state index in [1.165, 1.54) is 24.3 Å². The Morgan fingerprint density at radius 3 is 2.79 bits per heavy atom. The summed E-state index contributed by atoms with van der Waals surface area (Å²) < 4.78 is 28.7. The quantitative estimate of drug-likeness (QED) is 0.666. The largest absolute Gasteiger partial charge is 0.435 e. The molecule has 1 atom stereocenters. The van der Waals surface area contributed by atoms with Crippen LogP contribution in [0.1, 0.15) is 16.8 Å². The van der Waals surface area contributed by atoms with Crippen molar-refractivity contribution in [3.05, 3.63) is 60.4 Å². The Hall–Kier alpha value is -3.49. The number of ether oxygens (including phenoxy) is 1. The molecule has 1 saturated heterocycles. The average Bonchev–Trinajstić information content (AvgIpc) is 3.40. The summed E-state index contributed by atoms with van der Waals surface area (Å²) in [6, 6.07) is 11.3.